The number of hydrogen-bond donors (Lipinski definition) is 1. The summed E-state index contributed by atoms with van der Waals surface area (Å²) in [6.07, 6.45) is -0.309. The Morgan fingerprint density at radius 1 is 1.30 bits per heavy atom. The summed E-state index contributed by atoms with van der Waals surface area (Å²) in [4.78, 5) is 6.77. The first-order chi connectivity index (χ1) is 13.0. The maximum Gasteiger partial charge on any atom is 0.138 e. The van der Waals surface area contributed by atoms with E-state index in [1.807, 2.05) is 44.2 Å². The van der Waals surface area contributed by atoms with E-state index in [-0.39, 0.29) is 6.04 Å². The van der Waals surface area contributed by atoms with Gasteiger partial charge in [-0.2, -0.15) is 0 Å². The Hall–Kier alpha value is -2.18. The number of pyridine rings is 1. The monoisotopic (exact) mass is 388 g/mol. The number of fused-ring (bicyclic) bond motifs is 1. The summed E-state index contributed by atoms with van der Waals surface area (Å²) in [5, 5.41) is 8.97. The first kappa shape index (κ1) is 18.2. The van der Waals surface area contributed by atoms with E-state index in [9.17, 15) is 4.39 Å². The molecule has 3 heterocycles. The van der Waals surface area contributed by atoms with E-state index in [1.54, 1.807) is 0 Å². The summed E-state index contributed by atoms with van der Waals surface area (Å²) < 4.78 is 19.3. The lowest BCUT2D eigenvalue weighted by Gasteiger charge is -2.24. The number of aromatic nitrogens is 2. The molecule has 1 aliphatic heterocycles. The van der Waals surface area contributed by atoms with Crippen LogP contribution in [0.3, 0.4) is 0 Å². The molecule has 2 aromatic heterocycles. The zero-order valence-electron chi connectivity index (χ0n) is 15.4. The van der Waals surface area contributed by atoms with Crippen molar-refractivity contribution in [3.63, 3.8) is 0 Å². The number of halogens is 2. The second-order valence-electron chi connectivity index (χ2n) is 7.10. The van der Waals surface area contributed by atoms with Gasteiger partial charge in [0, 0.05) is 41.6 Å². The van der Waals surface area contributed by atoms with Crippen LogP contribution < -0.4 is 5.32 Å². The van der Waals surface area contributed by atoms with Gasteiger partial charge in [-0.3, -0.25) is 4.90 Å². The fourth-order valence-corrected chi connectivity index (χ4v) is 3.93. The molecule has 2 atom stereocenters. The minimum absolute atomic E-state index is 0.0885. The average Bonchev–Trinajstić information content (AvgIpc) is 3.16. The van der Waals surface area contributed by atoms with Gasteiger partial charge in [-0.05, 0) is 44.5 Å². The van der Waals surface area contributed by atoms with Crippen molar-refractivity contribution in [2.45, 2.75) is 39.0 Å². The van der Waals surface area contributed by atoms with Crippen LogP contribution in [0, 0.1) is 13.8 Å². The molecule has 0 spiro atoms. The van der Waals surface area contributed by atoms with Gasteiger partial charge in [0.05, 0.1) is 11.2 Å². The summed E-state index contributed by atoms with van der Waals surface area (Å²) in [6.45, 7) is 5.52. The lowest BCUT2D eigenvalue weighted by Crippen LogP contribution is -2.35. The van der Waals surface area contributed by atoms with Crippen LogP contribution in [0.15, 0.2) is 34.9 Å². The Bertz CT molecular complexity index is 941. The number of likely N-dealkylation sites (tertiary alicyclic amines) is 1. The number of aryl methyl sites for hydroxylation is 2. The Morgan fingerprint density at radius 2 is 2.15 bits per heavy atom. The van der Waals surface area contributed by atoms with E-state index in [0.29, 0.717) is 31.1 Å². The van der Waals surface area contributed by atoms with Gasteiger partial charge in [0.1, 0.15) is 17.7 Å². The third-order valence-electron chi connectivity index (χ3n) is 5.22. The number of nitrogens with zero attached hydrogens (tertiary/aromatic N) is 3. The Morgan fingerprint density at radius 3 is 2.93 bits per heavy atom. The second-order valence-corrected chi connectivity index (χ2v) is 7.51. The number of benzene rings is 1. The van der Waals surface area contributed by atoms with Crippen molar-refractivity contribution >= 4 is 28.3 Å². The zero-order chi connectivity index (χ0) is 19.0. The molecule has 0 saturated carbocycles. The van der Waals surface area contributed by atoms with E-state index in [0.717, 1.165) is 33.7 Å². The molecule has 0 unspecified atom stereocenters. The molecule has 0 amide bonds. The van der Waals surface area contributed by atoms with Crippen molar-refractivity contribution < 1.29 is 8.91 Å². The van der Waals surface area contributed by atoms with Crippen LogP contribution in [-0.2, 0) is 6.54 Å². The summed E-state index contributed by atoms with van der Waals surface area (Å²) in [7, 11) is 0. The predicted molar refractivity (Wildman–Crippen MR) is 105 cm³/mol. The minimum atomic E-state index is -0.819. The van der Waals surface area contributed by atoms with Gasteiger partial charge in [0.25, 0.3) is 0 Å². The number of hydrogen-bond acceptors (Lipinski definition) is 5. The Labute approximate surface area is 162 Å². The molecule has 1 N–H and O–H groups in total. The van der Waals surface area contributed by atoms with E-state index >= 15 is 0 Å². The number of alkyl halides is 1. The molecule has 1 aliphatic rings. The Balaban J connectivity index is 1.46. The molecule has 27 heavy (non-hydrogen) atoms. The van der Waals surface area contributed by atoms with Crippen molar-refractivity contribution in [3.05, 3.63) is 52.4 Å². The van der Waals surface area contributed by atoms with Crippen LogP contribution in [0.5, 0.6) is 0 Å². The van der Waals surface area contributed by atoms with E-state index in [4.69, 9.17) is 16.1 Å². The van der Waals surface area contributed by atoms with Crippen LogP contribution >= 0.6 is 11.6 Å². The summed E-state index contributed by atoms with van der Waals surface area (Å²) in [5.74, 6) is 1.57. The van der Waals surface area contributed by atoms with Crippen molar-refractivity contribution in [1.29, 1.82) is 0 Å². The zero-order valence-corrected chi connectivity index (χ0v) is 16.1. The summed E-state index contributed by atoms with van der Waals surface area (Å²) >= 11 is 6.20. The summed E-state index contributed by atoms with van der Waals surface area (Å²) in [5.41, 5.74) is 2.76. The van der Waals surface area contributed by atoms with Crippen molar-refractivity contribution in [2.75, 3.05) is 18.4 Å². The van der Waals surface area contributed by atoms with Gasteiger partial charge in [0.15, 0.2) is 0 Å². The van der Waals surface area contributed by atoms with Crippen molar-refractivity contribution in [1.82, 2.24) is 15.0 Å². The maximum absolute atomic E-state index is 14.1. The largest absolute Gasteiger partial charge is 0.368 e. The SMILES string of the molecule is Cc1noc(C)c1CN1C[C@@H](F)C[C@H]1CNc1ccc2c(Cl)cccc2n1. The lowest BCUT2D eigenvalue weighted by molar-refractivity contribution is 0.239. The molecule has 1 aromatic carbocycles. The molecular formula is C20H22ClFN4O. The average molecular weight is 389 g/mol. The van der Waals surface area contributed by atoms with Gasteiger partial charge in [-0.25, -0.2) is 9.37 Å². The highest BCUT2D eigenvalue weighted by molar-refractivity contribution is 6.35. The lowest BCUT2D eigenvalue weighted by atomic mass is 10.1. The smallest absolute Gasteiger partial charge is 0.138 e. The first-order valence-electron chi connectivity index (χ1n) is 9.10. The standard InChI is InChI=1S/C20H22ClFN4O/c1-12-17(13(2)27-25-12)11-26-10-14(22)8-15(26)9-23-20-7-6-16-18(21)4-3-5-19(16)24-20/h3-7,14-15H,8-11H2,1-2H3,(H,23,24)/t14-,15-/m0/s1. The third kappa shape index (κ3) is 3.77. The van der Waals surface area contributed by atoms with Crippen LogP contribution in [0.2, 0.25) is 5.02 Å². The number of nitrogens with one attached hydrogen (secondary N) is 1. The Kier molecular flexibility index (Phi) is 5.02. The third-order valence-corrected chi connectivity index (χ3v) is 5.55. The normalized spacial score (nSPS) is 20.4. The maximum atomic E-state index is 14.1. The first-order valence-corrected chi connectivity index (χ1v) is 9.48. The van der Waals surface area contributed by atoms with Crippen molar-refractivity contribution in [3.8, 4) is 0 Å². The molecule has 3 aromatic rings. The molecule has 0 aliphatic carbocycles. The fraction of sp³-hybridized carbons (Fsp3) is 0.400. The molecule has 0 radical (unpaired) electrons. The van der Waals surface area contributed by atoms with Gasteiger partial charge in [-0.1, -0.05) is 22.8 Å². The molecule has 5 nitrogen and oxygen atoms in total. The number of rotatable bonds is 5. The molecular weight excluding hydrogens is 367 g/mol. The van der Waals surface area contributed by atoms with Crippen LogP contribution in [-0.4, -0.2) is 40.3 Å². The van der Waals surface area contributed by atoms with E-state index in [2.05, 4.69) is 20.4 Å². The quantitative estimate of drug-likeness (QED) is 0.696. The van der Waals surface area contributed by atoms with E-state index in [1.165, 1.54) is 0 Å². The molecule has 4 rings (SSSR count). The molecule has 7 heteroatoms. The summed E-state index contributed by atoms with van der Waals surface area (Å²) in [6, 6.07) is 9.63. The minimum Gasteiger partial charge on any atom is -0.368 e. The fourth-order valence-electron chi connectivity index (χ4n) is 3.70. The molecule has 1 saturated heterocycles. The van der Waals surface area contributed by atoms with Gasteiger partial charge in [-0.15, -0.1) is 0 Å². The van der Waals surface area contributed by atoms with Crippen LogP contribution in [0.4, 0.5) is 10.2 Å². The highest BCUT2D eigenvalue weighted by Crippen LogP contribution is 2.26. The predicted octanol–water partition coefficient (Wildman–Crippen LogP) is 4.52. The molecule has 0 bridgehead atoms. The topological polar surface area (TPSA) is 54.2 Å². The van der Waals surface area contributed by atoms with Crippen LogP contribution in [0.25, 0.3) is 10.9 Å². The molecule has 1 fully saturated rings. The van der Waals surface area contributed by atoms with E-state index < -0.39 is 6.17 Å². The highest BCUT2D eigenvalue weighted by atomic mass is 35.5. The number of anilines is 1. The van der Waals surface area contributed by atoms with Gasteiger partial charge >= 0.3 is 0 Å². The van der Waals surface area contributed by atoms with Crippen molar-refractivity contribution in [2.24, 2.45) is 0 Å². The second kappa shape index (κ2) is 7.44. The highest BCUT2D eigenvalue weighted by Gasteiger charge is 2.33. The van der Waals surface area contributed by atoms with Crippen LogP contribution in [0.1, 0.15) is 23.4 Å². The van der Waals surface area contributed by atoms with Gasteiger partial charge in [0.2, 0.25) is 0 Å². The van der Waals surface area contributed by atoms with Gasteiger partial charge < -0.3 is 9.84 Å². The molecule has 142 valence electrons.